The summed E-state index contributed by atoms with van der Waals surface area (Å²) in [6.07, 6.45) is 0. The first-order chi connectivity index (χ1) is 17.1. The molecule has 0 bridgehead atoms. The highest BCUT2D eigenvalue weighted by Crippen LogP contribution is 2.32. The molecule has 0 atom stereocenters. The molecule has 0 saturated carbocycles. The van der Waals surface area contributed by atoms with Crippen molar-refractivity contribution < 1.29 is 9.47 Å². The van der Waals surface area contributed by atoms with Crippen molar-refractivity contribution in [3.05, 3.63) is 81.5 Å². The van der Waals surface area contributed by atoms with Gasteiger partial charge in [-0.3, -0.25) is 9.36 Å². The normalized spacial score (nSPS) is 14.2. The first-order valence-electron chi connectivity index (χ1n) is 11.8. The second kappa shape index (κ2) is 8.91. The predicted octanol–water partition coefficient (Wildman–Crippen LogP) is 5.41. The Morgan fingerprint density at radius 3 is 2.63 bits per heavy atom. The summed E-state index contributed by atoms with van der Waals surface area (Å²) in [7, 11) is 1.66. The van der Waals surface area contributed by atoms with Crippen molar-refractivity contribution in [2.24, 2.45) is 0 Å². The minimum atomic E-state index is 0.0215. The van der Waals surface area contributed by atoms with E-state index in [1.54, 1.807) is 18.4 Å². The van der Waals surface area contributed by atoms with Gasteiger partial charge in [-0.1, -0.05) is 18.2 Å². The van der Waals surface area contributed by atoms with Gasteiger partial charge < -0.3 is 19.4 Å². The summed E-state index contributed by atoms with van der Waals surface area (Å²) >= 11 is 1.61. The standard InChI is InChI=1S/C28H27N3O3S/c1-18-23-9-14-35-28(23)31(17-19-3-7-22(33-2)8-4-19)27(32)26(18)25-15-20-5-6-21(16-24(20)29-25)30-10-12-34-13-11-30/h3-9,14-16,29H,10-13,17H2,1-2H3. The molecule has 2 aromatic carbocycles. The Kier molecular flexibility index (Phi) is 5.59. The molecule has 1 fully saturated rings. The van der Waals surface area contributed by atoms with Gasteiger partial charge in [-0.15, -0.1) is 11.3 Å². The lowest BCUT2D eigenvalue weighted by molar-refractivity contribution is 0.122. The molecule has 6 nitrogen and oxygen atoms in total. The summed E-state index contributed by atoms with van der Waals surface area (Å²) < 4.78 is 12.7. The molecule has 0 aliphatic carbocycles. The van der Waals surface area contributed by atoms with Gasteiger partial charge in [-0.2, -0.15) is 0 Å². The number of hydrogen-bond donors (Lipinski definition) is 1. The molecule has 3 aromatic heterocycles. The van der Waals surface area contributed by atoms with Crippen molar-refractivity contribution in [1.29, 1.82) is 0 Å². The van der Waals surface area contributed by atoms with E-state index in [-0.39, 0.29) is 5.56 Å². The van der Waals surface area contributed by atoms with Crippen LogP contribution in [0, 0.1) is 6.92 Å². The number of aromatic amines is 1. The third-order valence-electron chi connectivity index (χ3n) is 6.88. The third kappa shape index (κ3) is 3.90. The number of anilines is 1. The molecule has 178 valence electrons. The lowest BCUT2D eigenvalue weighted by atomic mass is 10.0. The fraction of sp³-hybridized carbons (Fsp3) is 0.250. The van der Waals surface area contributed by atoms with Crippen molar-refractivity contribution in [3.63, 3.8) is 0 Å². The molecule has 1 aliphatic heterocycles. The average Bonchev–Trinajstić information content (AvgIpc) is 3.55. The summed E-state index contributed by atoms with van der Waals surface area (Å²) in [5.41, 5.74) is 5.90. The Hall–Kier alpha value is -3.55. The first kappa shape index (κ1) is 21.9. The van der Waals surface area contributed by atoms with Gasteiger partial charge in [0.25, 0.3) is 5.56 Å². The molecule has 0 radical (unpaired) electrons. The summed E-state index contributed by atoms with van der Waals surface area (Å²) in [5.74, 6) is 0.807. The Morgan fingerprint density at radius 1 is 1.06 bits per heavy atom. The number of aromatic nitrogens is 2. The highest BCUT2D eigenvalue weighted by molar-refractivity contribution is 7.16. The summed E-state index contributed by atoms with van der Waals surface area (Å²) in [6, 6.07) is 18.6. The van der Waals surface area contributed by atoms with Crippen LogP contribution >= 0.6 is 11.3 Å². The van der Waals surface area contributed by atoms with Crippen LogP contribution in [0.2, 0.25) is 0 Å². The molecule has 1 saturated heterocycles. The fourth-order valence-electron chi connectivity index (χ4n) is 4.96. The van der Waals surface area contributed by atoms with Crippen LogP contribution < -0.4 is 15.2 Å². The van der Waals surface area contributed by atoms with Gasteiger partial charge in [-0.25, -0.2) is 0 Å². The van der Waals surface area contributed by atoms with E-state index in [0.29, 0.717) is 6.54 Å². The minimum Gasteiger partial charge on any atom is -0.497 e. The highest BCUT2D eigenvalue weighted by atomic mass is 32.1. The van der Waals surface area contributed by atoms with Crippen molar-refractivity contribution in [3.8, 4) is 17.0 Å². The number of ether oxygens (including phenoxy) is 2. The number of nitrogens with one attached hydrogen (secondary N) is 1. The minimum absolute atomic E-state index is 0.0215. The average molecular weight is 486 g/mol. The predicted molar refractivity (Wildman–Crippen MR) is 143 cm³/mol. The van der Waals surface area contributed by atoms with Gasteiger partial charge in [-0.05, 0) is 59.8 Å². The molecule has 0 amide bonds. The van der Waals surface area contributed by atoms with E-state index in [0.717, 1.165) is 75.6 Å². The fourth-order valence-corrected chi connectivity index (χ4v) is 5.92. The third-order valence-corrected chi connectivity index (χ3v) is 7.82. The number of methoxy groups -OCH3 is 1. The molecule has 4 heterocycles. The number of benzene rings is 2. The number of thiophene rings is 1. The number of H-pyrrole nitrogens is 1. The van der Waals surface area contributed by atoms with Crippen LogP contribution in [0.3, 0.4) is 0 Å². The maximum Gasteiger partial charge on any atom is 0.261 e. The van der Waals surface area contributed by atoms with Crippen molar-refractivity contribution in [2.75, 3.05) is 38.3 Å². The van der Waals surface area contributed by atoms with E-state index in [2.05, 4.69) is 45.6 Å². The van der Waals surface area contributed by atoms with Crippen LogP contribution in [0.15, 0.2) is 64.8 Å². The van der Waals surface area contributed by atoms with Gasteiger partial charge >= 0.3 is 0 Å². The number of rotatable bonds is 5. The molecular formula is C28H27N3O3S. The largest absolute Gasteiger partial charge is 0.497 e. The summed E-state index contributed by atoms with van der Waals surface area (Å²) in [4.78, 5) is 20.8. The number of aryl methyl sites for hydroxylation is 1. The van der Waals surface area contributed by atoms with Crippen LogP contribution in [-0.4, -0.2) is 43.0 Å². The van der Waals surface area contributed by atoms with Gasteiger partial charge in [0.05, 0.1) is 38.1 Å². The number of morpholine rings is 1. The SMILES string of the molecule is COc1ccc(Cn2c(=O)c(-c3cc4ccc(N5CCOCC5)cc4[nH]3)c(C)c3ccsc32)cc1. The second-order valence-electron chi connectivity index (χ2n) is 8.93. The smallest absolute Gasteiger partial charge is 0.261 e. The number of hydrogen-bond acceptors (Lipinski definition) is 5. The van der Waals surface area contributed by atoms with Gasteiger partial charge in [0.1, 0.15) is 10.6 Å². The van der Waals surface area contributed by atoms with Crippen LogP contribution in [0.1, 0.15) is 11.1 Å². The first-order valence-corrected chi connectivity index (χ1v) is 12.7. The second-order valence-corrected chi connectivity index (χ2v) is 9.83. The van der Waals surface area contributed by atoms with E-state index >= 15 is 0 Å². The quantitative estimate of drug-likeness (QED) is 0.362. The number of pyridine rings is 1. The number of fused-ring (bicyclic) bond motifs is 2. The van der Waals surface area contributed by atoms with Crippen LogP contribution in [0.4, 0.5) is 5.69 Å². The zero-order valence-electron chi connectivity index (χ0n) is 19.8. The van der Waals surface area contributed by atoms with Gasteiger partial charge in [0.15, 0.2) is 0 Å². The van der Waals surface area contributed by atoms with E-state index in [1.165, 1.54) is 5.69 Å². The maximum absolute atomic E-state index is 13.9. The monoisotopic (exact) mass is 485 g/mol. The molecule has 0 spiro atoms. The van der Waals surface area contributed by atoms with Crippen LogP contribution in [0.25, 0.3) is 32.4 Å². The van der Waals surface area contributed by atoms with Crippen LogP contribution in [0.5, 0.6) is 5.75 Å². The van der Waals surface area contributed by atoms with E-state index in [9.17, 15) is 4.79 Å². The summed E-state index contributed by atoms with van der Waals surface area (Å²) in [6.45, 7) is 5.85. The summed E-state index contributed by atoms with van der Waals surface area (Å²) in [5, 5.41) is 4.28. The molecule has 7 heteroatoms. The Bertz CT molecular complexity index is 1570. The van der Waals surface area contributed by atoms with Crippen molar-refractivity contribution in [1.82, 2.24) is 9.55 Å². The molecular weight excluding hydrogens is 458 g/mol. The van der Waals surface area contributed by atoms with Gasteiger partial charge in [0.2, 0.25) is 0 Å². The Labute approximate surface area is 207 Å². The molecule has 5 aromatic rings. The molecule has 1 aliphatic rings. The molecule has 1 N–H and O–H groups in total. The Morgan fingerprint density at radius 2 is 1.86 bits per heavy atom. The lowest BCUT2D eigenvalue weighted by Crippen LogP contribution is -2.36. The topological polar surface area (TPSA) is 59.5 Å². The van der Waals surface area contributed by atoms with Gasteiger partial charge in [0, 0.05) is 35.1 Å². The highest BCUT2D eigenvalue weighted by Gasteiger charge is 2.19. The Balaban J connectivity index is 1.45. The van der Waals surface area contributed by atoms with Crippen molar-refractivity contribution >= 4 is 38.1 Å². The maximum atomic E-state index is 13.9. The van der Waals surface area contributed by atoms with E-state index in [4.69, 9.17) is 9.47 Å². The van der Waals surface area contributed by atoms with E-state index < -0.39 is 0 Å². The lowest BCUT2D eigenvalue weighted by Gasteiger charge is -2.28. The van der Waals surface area contributed by atoms with Crippen molar-refractivity contribution in [2.45, 2.75) is 13.5 Å². The van der Waals surface area contributed by atoms with E-state index in [1.807, 2.05) is 35.8 Å². The molecule has 0 unspecified atom stereocenters. The molecule has 6 rings (SSSR count). The zero-order chi connectivity index (χ0) is 23.9. The zero-order valence-corrected chi connectivity index (χ0v) is 20.7. The number of nitrogens with zero attached hydrogens (tertiary/aromatic N) is 2. The van der Waals surface area contributed by atoms with Crippen LogP contribution in [-0.2, 0) is 11.3 Å². The molecule has 35 heavy (non-hydrogen) atoms.